The third-order valence-corrected chi connectivity index (χ3v) is 7.38. The summed E-state index contributed by atoms with van der Waals surface area (Å²) in [6.07, 6.45) is 2.93. The number of alkyl carbamates (subject to hydrolysis) is 1. The Labute approximate surface area is 211 Å². The highest BCUT2D eigenvalue weighted by atomic mass is 16.7. The number of carbonyl (C=O) groups is 1. The summed E-state index contributed by atoms with van der Waals surface area (Å²) in [7, 11) is -0.654. The normalized spacial score (nSPS) is 18.1. The summed E-state index contributed by atoms with van der Waals surface area (Å²) in [5, 5.41) is 9.55. The number of hydrogen-bond acceptors (Lipinski definition) is 6. The Kier molecular flexibility index (Phi) is 6.14. The second-order valence-corrected chi connectivity index (χ2v) is 10.2. The van der Waals surface area contributed by atoms with Crippen molar-refractivity contribution in [3.8, 4) is 11.1 Å². The van der Waals surface area contributed by atoms with Crippen molar-refractivity contribution in [3.63, 3.8) is 0 Å². The van der Waals surface area contributed by atoms with Gasteiger partial charge < -0.3 is 25.1 Å². The molecule has 8 nitrogen and oxygen atoms in total. The number of amides is 1. The lowest BCUT2D eigenvalue weighted by molar-refractivity contribution is 0.00578. The number of nitrogen functional groups attached to an aromatic ring is 1. The number of H-pyrrole nitrogens is 1. The number of anilines is 1. The molecule has 2 aliphatic rings. The molecule has 1 fully saturated rings. The maximum atomic E-state index is 12.8. The van der Waals surface area contributed by atoms with E-state index in [1.54, 1.807) is 6.20 Å². The highest BCUT2D eigenvalue weighted by Gasteiger charge is 2.52. The van der Waals surface area contributed by atoms with E-state index >= 15 is 0 Å². The molecule has 0 saturated carbocycles. The number of nitrogens with one attached hydrogen (secondary N) is 2. The molecule has 3 aromatic rings. The number of rotatable bonds is 6. The van der Waals surface area contributed by atoms with E-state index in [0.29, 0.717) is 16.9 Å². The van der Waals surface area contributed by atoms with Crippen LogP contribution in [-0.2, 0) is 14.0 Å². The predicted molar refractivity (Wildman–Crippen MR) is 140 cm³/mol. The van der Waals surface area contributed by atoms with Crippen LogP contribution in [0.1, 0.15) is 50.3 Å². The molecule has 2 aromatic carbocycles. The molecule has 1 aliphatic carbocycles. The fraction of sp³-hybridized carbons (Fsp3) is 0.333. The first-order valence-electron chi connectivity index (χ1n) is 12.1. The van der Waals surface area contributed by atoms with Crippen LogP contribution in [0.2, 0.25) is 0 Å². The van der Waals surface area contributed by atoms with Gasteiger partial charge in [0.1, 0.15) is 12.4 Å². The Morgan fingerprint density at radius 1 is 1.08 bits per heavy atom. The molecule has 2 heterocycles. The molecule has 4 N–H and O–H groups in total. The number of aromatic amines is 1. The van der Waals surface area contributed by atoms with Gasteiger partial charge in [-0.2, -0.15) is 5.10 Å². The molecule has 9 heteroatoms. The van der Waals surface area contributed by atoms with E-state index in [9.17, 15) is 4.79 Å². The van der Waals surface area contributed by atoms with Gasteiger partial charge >= 0.3 is 13.2 Å². The first-order valence-corrected chi connectivity index (χ1v) is 12.1. The Hall–Kier alpha value is -3.56. The summed E-state index contributed by atoms with van der Waals surface area (Å²) in [5.41, 5.74) is 11.0. The summed E-state index contributed by atoms with van der Waals surface area (Å²) in [6, 6.07) is 16.5. The van der Waals surface area contributed by atoms with Crippen LogP contribution in [0.5, 0.6) is 0 Å². The van der Waals surface area contributed by atoms with Crippen molar-refractivity contribution in [2.45, 2.75) is 44.8 Å². The molecule has 1 aromatic heterocycles. The van der Waals surface area contributed by atoms with Crippen LogP contribution in [0.15, 0.2) is 60.2 Å². The highest BCUT2D eigenvalue weighted by molar-refractivity contribution is 6.56. The van der Waals surface area contributed by atoms with Crippen LogP contribution in [0.4, 0.5) is 10.6 Å². The van der Waals surface area contributed by atoms with Gasteiger partial charge in [-0.1, -0.05) is 54.6 Å². The number of fused-ring (bicyclic) bond motifs is 3. The van der Waals surface area contributed by atoms with Crippen molar-refractivity contribution in [2.75, 3.05) is 18.9 Å². The molecule has 36 heavy (non-hydrogen) atoms. The first-order chi connectivity index (χ1) is 17.2. The zero-order valence-electron chi connectivity index (χ0n) is 21.0. The van der Waals surface area contributed by atoms with Crippen LogP contribution in [0.25, 0.3) is 17.2 Å². The van der Waals surface area contributed by atoms with Crippen molar-refractivity contribution < 1.29 is 18.8 Å². The van der Waals surface area contributed by atoms with Gasteiger partial charge in [-0.05, 0) is 55.4 Å². The van der Waals surface area contributed by atoms with Gasteiger partial charge in [-0.3, -0.25) is 5.10 Å². The zero-order valence-corrected chi connectivity index (χ0v) is 21.0. The number of aromatic nitrogens is 2. The quantitative estimate of drug-likeness (QED) is 0.441. The molecule has 0 spiro atoms. The van der Waals surface area contributed by atoms with Gasteiger partial charge in [0.05, 0.1) is 17.4 Å². The minimum absolute atomic E-state index is 0.00742. The third kappa shape index (κ3) is 4.40. The fourth-order valence-corrected chi connectivity index (χ4v) is 4.64. The number of benzene rings is 2. The molecule has 186 valence electrons. The van der Waals surface area contributed by atoms with Crippen LogP contribution in [-0.4, -0.2) is 47.8 Å². The molecule has 0 atom stereocenters. The summed E-state index contributed by atoms with van der Waals surface area (Å²) in [4.78, 5) is 12.8. The average Bonchev–Trinajstić information content (AvgIpc) is 3.46. The van der Waals surface area contributed by atoms with E-state index in [-0.39, 0.29) is 19.1 Å². The number of hydrogen-bond donors (Lipinski definition) is 3. The van der Waals surface area contributed by atoms with E-state index in [0.717, 1.165) is 0 Å². The lowest BCUT2D eigenvalue weighted by atomic mass is 9.77. The maximum absolute atomic E-state index is 12.8. The van der Waals surface area contributed by atoms with Crippen molar-refractivity contribution >= 4 is 25.1 Å². The molecular formula is C27H31BN4O4. The third-order valence-electron chi connectivity index (χ3n) is 7.38. The van der Waals surface area contributed by atoms with Gasteiger partial charge in [0.25, 0.3) is 0 Å². The summed E-state index contributed by atoms with van der Waals surface area (Å²) in [5.74, 6) is 0.414. The molecule has 1 aliphatic heterocycles. The molecule has 5 rings (SSSR count). The Balaban J connectivity index is 1.28. The zero-order chi connectivity index (χ0) is 25.5. The van der Waals surface area contributed by atoms with Crippen molar-refractivity contribution in [1.29, 1.82) is 0 Å². The molecule has 1 saturated heterocycles. The van der Waals surface area contributed by atoms with E-state index in [1.807, 2.05) is 58.0 Å². The second-order valence-electron chi connectivity index (χ2n) is 10.2. The maximum Gasteiger partial charge on any atom is 0.492 e. The van der Waals surface area contributed by atoms with E-state index in [2.05, 4.69) is 39.8 Å². The van der Waals surface area contributed by atoms with Crippen molar-refractivity contribution in [1.82, 2.24) is 15.5 Å². The van der Waals surface area contributed by atoms with Gasteiger partial charge in [0, 0.05) is 18.0 Å². The van der Waals surface area contributed by atoms with Crippen LogP contribution < -0.4 is 11.1 Å². The minimum Gasteiger partial charge on any atom is -0.449 e. The van der Waals surface area contributed by atoms with E-state index in [1.165, 1.54) is 22.3 Å². The number of nitrogens with two attached hydrogens (primary N) is 1. The monoisotopic (exact) mass is 486 g/mol. The SMILES string of the molecule is CC1(C)OB(C(=Cc2cn[nH]c2N)CNC(=O)OCC2c3ccccc3-c3ccccc32)OC1(C)C. The summed E-state index contributed by atoms with van der Waals surface area (Å²) >= 11 is 0. The minimum atomic E-state index is -0.654. The van der Waals surface area contributed by atoms with E-state index < -0.39 is 24.4 Å². The lowest BCUT2D eigenvalue weighted by Gasteiger charge is -2.32. The van der Waals surface area contributed by atoms with Gasteiger partial charge in [0.15, 0.2) is 0 Å². The predicted octanol–water partition coefficient (Wildman–Crippen LogP) is 4.55. The molecule has 0 unspecified atom stereocenters. The molecule has 0 radical (unpaired) electrons. The van der Waals surface area contributed by atoms with Crippen molar-refractivity contribution in [2.24, 2.45) is 0 Å². The van der Waals surface area contributed by atoms with Crippen LogP contribution in [0.3, 0.4) is 0 Å². The first kappa shape index (κ1) is 24.2. The van der Waals surface area contributed by atoms with Crippen LogP contribution in [0, 0.1) is 0 Å². The van der Waals surface area contributed by atoms with Crippen LogP contribution >= 0.6 is 0 Å². The van der Waals surface area contributed by atoms with Gasteiger partial charge in [-0.25, -0.2) is 4.79 Å². The second kappa shape index (κ2) is 9.15. The molecular weight excluding hydrogens is 455 g/mol. The van der Waals surface area contributed by atoms with Gasteiger partial charge in [0.2, 0.25) is 0 Å². The van der Waals surface area contributed by atoms with Crippen molar-refractivity contribution in [3.05, 3.63) is 76.9 Å². The fourth-order valence-electron chi connectivity index (χ4n) is 4.64. The number of ether oxygens (including phenoxy) is 1. The largest absolute Gasteiger partial charge is 0.492 e. The number of carbonyl (C=O) groups excluding carboxylic acids is 1. The van der Waals surface area contributed by atoms with Gasteiger partial charge in [-0.15, -0.1) is 0 Å². The number of nitrogens with zero attached hydrogens (tertiary/aromatic N) is 1. The Bertz CT molecular complexity index is 1250. The Morgan fingerprint density at radius 3 is 2.22 bits per heavy atom. The summed E-state index contributed by atoms with van der Waals surface area (Å²) in [6.45, 7) is 8.33. The Morgan fingerprint density at radius 2 is 1.67 bits per heavy atom. The average molecular weight is 486 g/mol. The highest BCUT2D eigenvalue weighted by Crippen LogP contribution is 2.44. The lowest BCUT2D eigenvalue weighted by Crippen LogP contribution is -2.41. The molecule has 0 bridgehead atoms. The topological polar surface area (TPSA) is 111 Å². The summed E-state index contributed by atoms with van der Waals surface area (Å²) < 4.78 is 18.1. The smallest absolute Gasteiger partial charge is 0.449 e. The standard InChI is InChI=1S/C27H31BN4O4/c1-26(2)27(3,4)36-28(35-26)18(13-17-14-31-32-24(17)29)15-30-25(33)34-16-23-21-11-7-5-9-19(21)20-10-6-8-12-22(20)23/h5-14,23H,15-16H2,1-4H3,(H,30,33)(H3,29,31,32). The molecule has 1 amide bonds. The van der Waals surface area contributed by atoms with E-state index in [4.69, 9.17) is 19.8 Å².